The zero-order valence-corrected chi connectivity index (χ0v) is 16.2. The van der Waals surface area contributed by atoms with Gasteiger partial charge in [-0.15, -0.1) is 0 Å². The van der Waals surface area contributed by atoms with Crippen molar-refractivity contribution < 1.29 is 4.39 Å². The number of anilines is 1. The fourth-order valence-corrected chi connectivity index (χ4v) is 4.51. The highest BCUT2D eigenvalue weighted by atomic mass is 32.2. The first-order chi connectivity index (χ1) is 13.0. The van der Waals surface area contributed by atoms with Crippen molar-refractivity contribution in [2.75, 3.05) is 4.72 Å². The molecule has 0 spiro atoms. The smallest absolute Gasteiger partial charge is 0.148 e. The average molecular weight is 380 g/mol. The second kappa shape index (κ2) is 8.32. The first-order valence-electron chi connectivity index (χ1n) is 8.78. The quantitative estimate of drug-likeness (QED) is 0.656. The number of nitrogens with zero attached hydrogens (tertiary/aromatic N) is 2. The van der Waals surface area contributed by atoms with E-state index in [-0.39, 0.29) is 0 Å². The van der Waals surface area contributed by atoms with Gasteiger partial charge in [-0.05, 0) is 62.1 Å². The predicted octanol–water partition coefficient (Wildman–Crippen LogP) is 5.92. The number of benzene rings is 1. The molecule has 0 amide bonds. The fourth-order valence-electron chi connectivity index (χ4n) is 3.38. The Hall–Kier alpha value is -2.71. The third kappa shape index (κ3) is 4.35. The van der Waals surface area contributed by atoms with Crippen LogP contribution in [0.15, 0.2) is 65.2 Å². The molecule has 2 atom stereocenters. The van der Waals surface area contributed by atoms with E-state index in [2.05, 4.69) is 35.1 Å². The average Bonchev–Trinajstić information content (AvgIpc) is 2.69. The highest BCUT2D eigenvalue weighted by molar-refractivity contribution is 8.18. The maximum atomic E-state index is 14.1. The highest BCUT2D eigenvalue weighted by Crippen LogP contribution is 2.42. The number of halogens is 1. The molecule has 2 unspecified atom stereocenters. The molecular weight excluding hydrogens is 357 g/mol. The first-order valence-corrected chi connectivity index (χ1v) is 10.2. The standard InChI is InChI=1S/C22H22FN3S/c1-15-12-18(21-6-4-5-11-25-21)8-9-19(15)16(2)27(3)26-22-10-7-17(14-24)13-20(22)23/h4-7,10-11,13,18,26H,2-3,8-9,12H2,1H3. The Morgan fingerprint density at radius 1 is 1.37 bits per heavy atom. The zero-order chi connectivity index (χ0) is 19.4. The van der Waals surface area contributed by atoms with E-state index in [0.717, 1.165) is 29.9 Å². The molecule has 138 valence electrons. The van der Waals surface area contributed by atoms with Crippen molar-refractivity contribution in [3.05, 3.63) is 82.3 Å². The van der Waals surface area contributed by atoms with Crippen LogP contribution in [0.5, 0.6) is 0 Å². The number of pyridine rings is 1. The van der Waals surface area contributed by atoms with Gasteiger partial charge in [0.2, 0.25) is 0 Å². The Kier molecular flexibility index (Phi) is 5.88. The molecule has 5 heteroatoms. The van der Waals surface area contributed by atoms with Crippen molar-refractivity contribution in [3.8, 4) is 6.07 Å². The lowest BCUT2D eigenvalue weighted by Crippen LogP contribution is -2.10. The lowest BCUT2D eigenvalue weighted by molar-refractivity contribution is 0.569. The second-order valence-electron chi connectivity index (χ2n) is 6.68. The van der Waals surface area contributed by atoms with Gasteiger partial charge in [0.05, 0.1) is 17.3 Å². The number of hydrogen-bond donors (Lipinski definition) is 1. The van der Waals surface area contributed by atoms with E-state index in [1.54, 1.807) is 12.1 Å². The molecule has 1 aliphatic carbocycles. The van der Waals surface area contributed by atoms with Gasteiger partial charge in [-0.2, -0.15) is 5.26 Å². The summed E-state index contributed by atoms with van der Waals surface area (Å²) in [6.07, 6.45) is 4.73. The third-order valence-corrected chi connectivity index (χ3v) is 6.19. The molecule has 0 fully saturated rings. The van der Waals surface area contributed by atoms with Gasteiger partial charge in [-0.1, -0.05) is 34.8 Å². The zero-order valence-electron chi connectivity index (χ0n) is 15.3. The van der Waals surface area contributed by atoms with Gasteiger partial charge in [0.25, 0.3) is 0 Å². The minimum Gasteiger partial charge on any atom is -0.330 e. The number of nitriles is 1. The Morgan fingerprint density at radius 2 is 2.19 bits per heavy atom. The lowest BCUT2D eigenvalue weighted by Gasteiger charge is -2.27. The molecule has 1 aromatic carbocycles. The highest BCUT2D eigenvalue weighted by Gasteiger charge is 2.23. The summed E-state index contributed by atoms with van der Waals surface area (Å²) in [5.41, 5.74) is 4.29. The number of nitrogens with one attached hydrogen (secondary N) is 1. The van der Waals surface area contributed by atoms with Crippen LogP contribution in [-0.4, -0.2) is 10.9 Å². The van der Waals surface area contributed by atoms with E-state index in [1.807, 2.05) is 24.4 Å². The normalized spacial score (nSPS) is 17.9. The van der Waals surface area contributed by atoms with Crippen LogP contribution >= 0.6 is 10.7 Å². The summed E-state index contributed by atoms with van der Waals surface area (Å²) < 4.78 is 17.2. The van der Waals surface area contributed by atoms with E-state index in [4.69, 9.17) is 5.26 Å². The maximum Gasteiger partial charge on any atom is 0.148 e. The molecule has 1 aliphatic rings. The summed E-state index contributed by atoms with van der Waals surface area (Å²) in [6, 6.07) is 12.4. The van der Waals surface area contributed by atoms with Crippen molar-refractivity contribution in [2.24, 2.45) is 0 Å². The minimum absolute atomic E-state index is 0.298. The van der Waals surface area contributed by atoms with Gasteiger partial charge < -0.3 is 4.72 Å². The minimum atomic E-state index is -0.649. The topological polar surface area (TPSA) is 48.7 Å². The molecule has 1 heterocycles. The molecule has 27 heavy (non-hydrogen) atoms. The van der Waals surface area contributed by atoms with Crippen LogP contribution in [0.25, 0.3) is 0 Å². The molecule has 3 nitrogen and oxygen atoms in total. The molecule has 1 N–H and O–H groups in total. The summed E-state index contributed by atoms with van der Waals surface area (Å²) in [4.78, 5) is 5.40. The van der Waals surface area contributed by atoms with E-state index in [9.17, 15) is 4.39 Å². The van der Waals surface area contributed by atoms with Gasteiger partial charge in [-0.3, -0.25) is 4.98 Å². The van der Waals surface area contributed by atoms with Crippen LogP contribution < -0.4 is 4.72 Å². The Labute approximate surface area is 162 Å². The summed E-state index contributed by atoms with van der Waals surface area (Å²) in [5.74, 6) is 4.12. The van der Waals surface area contributed by atoms with Crippen molar-refractivity contribution in [3.63, 3.8) is 0 Å². The predicted molar refractivity (Wildman–Crippen MR) is 112 cm³/mol. The molecule has 3 rings (SSSR count). The number of rotatable bonds is 5. The Balaban J connectivity index is 1.72. The third-order valence-electron chi connectivity index (χ3n) is 4.88. The van der Waals surface area contributed by atoms with Crippen LogP contribution in [0.2, 0.25) is 0 Å². The number of aromatic nitrogens is 1. The van der Waals surface area contributed by atoms with Gasteiger partial charge in [0, 0.05) is 22.7 Å². The van der Waals surface area contributed by atoms with Crippen LogP contribution in [-0.2, 0) is 0 Å². The van der Waals surface area contributed by atoms with Crippen molar-refractivity contribution >= 4 is 22.2 Å². The van der Waals surface area contributed by atoms with Crippen molar-refractivity contribution in [1.82, 2.24) is 4.98 Å². The second-order valence-corrected chi connectivity index (χ2v) is 8.15. The van der Waals surface area contributed by atoms with Crippen LogP contribution in [0.4, 0.5) is 10.1 Å². The monoisotopic (exact) mass is 379 g/mol. The molecule has 0 saturated carbocycles. The largest absolute Gasteiger partial charge is 0.330 e. The Bertz CT molecular complexity index is 957. The maximum absolute atomic E-state index is 14.1. The summed E-state index contributed by atoms with van der Waals surface area (Å²) >= 11 is 0. The van der Waals surface area contributed by atoms with Gasteiger partial charge in [0.15, 0.2) is 0 Å². The molecule has 0 bridgehead atoms. The fraction of sp³-hybridized carbons (Fsp3) is 0.227. The van der Waals surface area contributed by atoms with E-state index < -0.39 is 16.5 Å². The van der Waals surface area contributed by atoms with Crippen LogP contribution in [0.3, 0.4) is 0 Å². The van der Waals surface area contributed by atoms with Gasteiger partial charge in [0.1, 0.15) is 5.82 Å². The molecule has 0 radical (unpaired) electrons. The molecule has 2 aromatic rings. The van der Waals surface area contributed by atoms with Gasteiger partial charge in [-0.25, -0.2) is 4.39 Å². The summed E-state index contributed by atoms with van der Waals surface area (Å²) in [5, 5.41) is 8.85. The molecular formula is C22H22FN3S. The SMILES string of the molecule is C=C(C1=C(C)CC(c2ccccn2)CC1)S(=C)Nc1ccc(C#N)cc1F. The lowest BCUT2D eigenvalue weighted by atomic mass is 9.82. The van der Waals surface area contributed by atoms with E-state index >= 15 is 0 Å². The number of hydrogen-bond acceptors (Lipinski definition) is 3. The van der Waals surface area contributed by atoms with Crippen LogP contribution in [0, 0.1) is 17.1 Å². The van der Waals surface area contributed by atoms with Gasteiger partial charge >= 0.3 is 0 Å². The summed E-state index contributed by atoms with van der Waals surface area (Å²) in [7, 11) is -0.649. The molecule has 0 saturated heterocycles. The van der Waals surface area contributed by atoms with E-state index in [1.165, 1.54) is 17.2 Å². The van der Waals surface area contributed by atoms with E-state index in [0.29, 0.717) is 17.2 Å². The van der Waals surface area contributed by atoms with Crippen molar-refractivity contribution in [1.29, 1.82) is 5.26 Å². The molecule has 1 aromatic heterocycles. The van der Waals surface area contributed by atoms with Crippen LogP contribution in [0.1, 0.15) is 43.4 Å². The Morgan fingerprint density at radius 3 is 2.81 bits per heavy atom. The number of allylic oxidation sites excluding steroid dienone is 2. The molecule has 0 aliphatic heterocycles. The first kappa shape index (κ1) is 19.1. The summed E-state index contributed by atoms with van der Waals surface area (Å²) in [6.45, 7) is 6.36. The van der Waals surface area contributed by atoms with Crippen molar-refractivity contribution in [2.45, 2.75) is 32.1 Å².